The molecule has 0 bridgehead atoms. The van der Waals surface area contributed by atoms with Crippen LogP contribution in [0, 0.1) is 6.92 Å². The molecule has 1 aliphatic heterocycles. The number of carbonyl (C=O) groups is 1. The van der Waals surface area contributed by atoms with Crippen molar-refractivity contribution in [3.63, 3.8) is 0 Å². The Balaban J connectivity index is 2.12. The van der Waals surface area contributed by atoms with Crippen LogP contribution in [-0.4, -0.2) is 31.0 Å². The van der Waals surface area contributed by atoms with Gasteiger partial charge < -0.3 is 15.4 Å². The SMILES string of the molecule is COc1ccc(C)cc1C(N)CN1CCCCCC1=O. The summed E-state index contributed by atoms with van der Waals surface area (Å²) >= 11 is 0. The minimum absolute atomic E-state index is 0.202. The van der Waals surface area contributed by atoms with Gasteiger partial charge >= 0.3 is 0 Å². The second-order valence-corrected chi connectivity index (χ2v) is 5.50. The Hall–Kier alpha value is -1.55. The van der Waals surface area contributed by atoms with E-state index in [2.05, 4.69) is 0 Å². The number of carbonyl (C=O) groups excluding carboxylic acids is 1. The van der Waals surface area contributed by atoms with Gasteiger partial charge in [0.25, 0.3) is 0 Å². The third-order valence-corrected chi connectivity index (χ3v) is 3.87. The summed E-state index contributed by atoms with van der Waals surface area (Å²) in [6.45, 7) is 3.42. The molecule has 0 radical (unpaired) electrons. The highest BCUT2D eigenvalue weighted by atomic mass is 16.5. The highest BCUT2D eigenvalue weighted by Gasteiger charge is 2.21. The molecule has 1 aliphatic rings. The Bertz CT molecular complexity index is 474. The molecule has 4 heteroatoms. The lowest BCUT2D eigenvalue weighted by Crippen LogP contribution is -2.36. The molecule has 0 spiro atoms. The molecule has 1 atom stereocenters. The number of likely N-dealkylation sites (tertiary alicyclic amines) is 1. The van der Waals surface area contributed by atoms with Crippen molar-refractivity contribution in [3.05, 3.63) is 29.3 Å². The van der Waals surface area contributed by atoms with E-state index in [0.717, 1.165) is 42.7 Å². The molecule has 2 rings (SSSR count). The number of ether oxygens (including phenoxy) is 1. The number of amides is 1. The number of benzene rings is 1. The zero-order valence-corrected chi connectivity index (χ0v) is 12.4. The predicted molar refractivity (Wildman–Crippen MR) is 79.7 cm³/mol. The second-order valence-electron chi connectivity index (χ2n) is 5.50. The monoisotopic (exact) mass is 276 g/mol. The largest absolute Gasteiger partial charge is 0.496 e. The van der Waals surface area contributed by atoms with Crippen LogP contribution < -0.4 is 10.5 Å². The number of methoxy groups -OCH3 is 1. The van der Waals surface area contributed by atoms with Crippen LogP contribution in [-0.2, 0) is 4.79 Å². The average molecular weight is 276 g/mol. The fraction of sp³-hybridized carbons (Fsp3) is 0.562. The molecule has 1 saturated heterocycles. The van der Waals surface area contributed by atoms with Crippen LogP contribution in [0.15, 0.2) is 18.2 Å². The lowest BCUT2D eigenvalue weighted by atomic mass is 10.0. The Kier molecular flexibility index (Phi) is 5.01. The molecule has 1 fully saturated rings. The maximum Gasteiger partial charge on any atom is 0.222 e. The van der Waals surface area contributed by atoms with Crippen LogP contribution in [0.5, 0.6) is 5.75 Å². The summed E-state index contributed by atoms with van der Waals surface area (Å²) in [5.41, 5.74) is 8.44. The summed E-state index contributed by atoms with van der Waals surface area (Å²) in [5, 5.41) is 0. The van der Waals surface area contributed by atoms with Crippen molar-refractivity contribution in [2.45, 2.75) is 38.6 Å². The first kappa shape index (κ1) is 14.9. The molecule has 2 N–H and O–H groups in total. The number of hydrogen-bond acceptors (Lipinski definition) is 3. The van der Waals surface area contributed by atoms with E-state index in [0.29, 0.717) is 13.0 Å². The first-order chi connectivity index (χ1) is 9.61. The van der Waals surface area contributed by atoms with Gasteiger partial charge in [-0.05, 0) is 25.8 Å². The molecule has 0 aromatic heterocycles. The van der Waals surface area contributed by atoms with Crippen molar-refractivity contribution in [2.75, 3.05) is 20.2 Å². The molecule has 110 valence electrons. The molecule has 1 unspecified atom stereocenters. The fourth-order valence-electron chi connectivity index (χ4n) is 2.71. The minimum atomic E-state index is -0.202. The van der Waals surface area contributed by atoms with E-state index in [1.54, 1.807) is 7.11 Å². The van der Waals surface area contributed by atoms with Crippen molar-refractivity contribution in [1.29, 1.82) is 0 Å². The van der Waals surface area contributed by atoms with Crippen molar-refractivity contribution < 1.29 is 9.53 Å². The molecule has 1 aromatic rings. The maximum absolute atomic E-state index is 12.0. The van der Waals surface area contributed by atoms with Crippen LogP contribution in [0.2, 0.25) is 0 Å². The zero-order valence-electron chi connectivity index (χ0n) is 12.4. The fourth-order valence-corrected chi connectivity index (χ4v) is 2.71. The van der Waals surface area contributed by atoms with Crippen LogP contribution in [0.1, 0.15) is 42.9 Å². The first-order valence-corrected chi connectivity index (χ1v) is 7.29. The van der Waals surface area contributed by atoms with E-state index in [1.807, 2.05) is 30.0 Å². The summed E-state index contributed by atoms with van der Waals surface area (Å²) in [7, 11) is 1.65. The number of nitrogens with two attached hydrogens (primary N) is 1. The van der Waals surface area contributed by atoms with E-state index in [-0.39, 0.29) is 11.9 Å². The summed E-state index contributed by atoms with van der Waals surface area (Å²) in [6.07, 6.45) is 3.85. The molecule has 1 aromatic carbocycles. The molecule has 1 amide bonds. The van der Waals surface area contributed by atoms with Gasteiger partial charge in [-0.25, -0.2) is 0 Å². The van der Waals surface area contributed by atoms with E-state index >= 15 is 0 Å². The normalized spacial score (nSPS) is 17.8. The zero-order chi connectivity index (χ0) is 14.5. The Morgan fingerprint density at radius 1 is 1.35 bits per heavy atom. The third-order valence-electron chi connectivity index (χ3n) is 3.87. The summed E-state index contributed by atoms with van der Waals surface area (Å²) in [4.78, 5) is 13.9. The second kappa shape index (κ2) is 6.75. The van der Waals surface area contributed by atoms with Gasteiger partial charge in [0, 0.05) is 25.1 Å². The van der Waals surface area contributed by atoms with E-state index in [9.17, 15) is 4.79 Å². The first-order valence-electron chi connectivity index (χ1n) is 7.29. The predicted octanol–water partition coefficient (Wildman–Crippen LogP) is 2.41. The third kappa shape index (κ3) is 3.51. The topological polar surface area (TPSA) is 55.6 Å². The van der Waals surface area contributed by atoms with E-state index < -0.39 is 0 Å². The lowest BCUT2D eigenvalue weighted by molar-refractivity contribution is -0.130. The van der Waals surface area contributed by atoms with Crippen molar-refractivity contribution in [3.8, 4) is 5.75 Å². The molecule has 1 heterocycles. The van der Waals surface area contributed by atoms with Gasteiger partial charge in [0.1, 0.15) is 5.75 Å². The van der Waals surface area contributed by atoms with Gasteiger partial charge in [0.05, 0.1) is 13.2 Å². The molecule has 20 heavy (non-hydrogen) atoms. The van der Waals surface area contributed by atoms with E-state index in [1.165, 1.54) is 0 Å². The van der Waals surface area contributed by atoms with Gasteiger partial charge in [-0.15, -0.1) is 0 Å². The Labute approximate surface area is 120 Å². The Morgan fingerprint density at radius 2 is 2.15 bits per heavy atom. The van der Waals surface area contributed by atoms with Gasteiger partial charge in [-0.3, -0.25) is 4.79 Å². The van der Waals surface area contributed by atoms with Crippen LogP contribution in [0.4, 0.5) is 0 Å². The quantitative estimate of drug-likeness (QED) is 0.918. The maximum atomic E-state index is 12.0. The number of rotatable bonds is 4. The number of nitrogens with zero attached hydrogens (tertiary/aromatic N) is 1. The molecular formula is C16H24N2O2. The minimum Gasteiger partial charge on any atom is -0.496 e. The molecule has 4 nitrogen and oxygen atoms in total. The number of hydrogen-bond donors (Lipinski definition) is 1. The summed E-state index contributed by atoms with van der Waals surface area (Å²) in [6, 6.07) is 5.79. The van der Waals surface area contributed by atoms with Gasteiger partial charge in [0.2, 0.25) is 5.91 Å². The van der Waals surface area contributed by atoms with Gasteiger partial charge in [-0.1, -0.05) is 24.1 Å². The standard InChI is InChI=1S/C16H24N2O2/c1-12-7-8-15(20-2)13(10-12)14(17)11-18-9-5-3-4-6-16(18)19/h7-8,10,14H,3-6,9,11,17H2,1-2H3. The van der Waals surface area contributed by atoms with Crippen LogP contribution in [0.25, 0.3) is 0 Å². The van der Waals surface area contributed by atoms with E-state index in [4.69, 9.17) is 10.5 Å². The highest BCUT2D eigenvalue weighted by molar-refractivity contribution is 5.76. The lowest BCUT2D eigenvalue weighted by Gasteiger charge is -2.25. The van der Waals surface area contributed by atoms with Crippen molar-refractivity contribution in [1.82, 2.24) is 4.90 Å². The van der Waals surface area contributed by atoms with Gasteiger partial charge in [0.15, 0.2) is 0 Å². The van der Waals surface area contributed by atoms with Crippen LogP contribution >= 0.6 is 0 Å². The molecule has 0 aliphatic carbocycles. The number of aryl methyl sites for hydroxylation is 1. The molecular weight excluding hydrogens is 252 g/mol. The molecule has 0 saturated carbocycles. The Morgan fingerprint density at radius 3 is 2.90 bits per heavy atom. The van der Waals surface area contributed by atoms with Crippen LogP contribution in [0.3, 0.4) is 0 Å². The smallest absolute Gasteiger partial charge is 0.222 e. The highest BCUT2D eigenvalue weighted by Crippen LogP contribution is 2.26. The van der Waals surface area contributed by atoms with Gasteiger partial charge in [-0.2, -0.15) is 0 Å². The summed E-state index contributed by atoms with van der Waals surface area (Å²) in [5.74, 6) is 1.02. The van der Waals surface area contributed by atoms with Crippen molar-refractivity contribution in [2.24, 2.45) is 5.73 Å². The summed E-state index contributed by atoms with van der Waals surface area (Å²) < 4.78 is 5.38. The average Bonchev–Trinajstić information content (AvgIpc) is 2.64. The van der Waals surface area contributed by atoms with Crippen molar-refractivity contribution >= 4 is 5.91 Å².